The number of hydrogen-bond donors (Lipinski definition) is 3. The van der Waals surface area contributed by atoms with Gasteiger partial charge in [-0.2, -0.15) is 0 Å². The summed E-state index contributed by atoms with van der Waals surface area (Å²) in [6.45, 7) is 4.71. The number of hydrogen-bond acceptors (Lipinski definition) is 6. The standard InChI is InChI=1S/C19H33N3O3S/c1-14(2)20-11-16(23)13-25-19-21-12-18(26-19)22-17(24)10-6-9-15-7-4-3-5-8-15/h12,14-16,20,23H,3-11,13H2,1-2H3,(H,22,24). The van der Waals surface area contributed by atoms with Crippen molar-refractivity contribution in [2.75, 3.05) is 18.5 Å². The first-order valence-corrected chi connectivity index (χ1v) is 10.6. The van der Waals surface area contributed by atoms with Crippen molar-refractivity contribution in [1.29, 1.82) is 0 Å². The lowest BCUT2D eigenvalue weighted by atomic mass is 9.86. The van der Waals surface area contributed by atoms with Gasteiger partial charge in [-0.3, -0.25) is 4.79 Å². The quantitative estimate of drug-likeness (QED) is 0.544. The monoisotopic (exact) mass is 383 g/mol. The van der Waals surface area contributed by atoms with Gasteiger partial charge < -0.3 is 20.5 Å². The molecule has 7 heteroatoms. The number of aromatic nitrogens is 1. The van der Waals surface area contributed by atoms with Crippen LogP contribution in [0.25, 0.3) is 0 Å². The highest BCUT2D eigenvalue weighted by Gasteiger charge is 2.14. The van der Waals surface area contributed by atoms with Crippen LogP contribution in [0.1, 0.15) is 65.2 Å². The molecule has 2 rings (SSSR count). The number of amides is 1. The molecule has 1 atom stereocenters. The lowest BCUT2D eigenvalue weighted by molar-refractivity contribution is -0.116. The molecular weight excluding hydrogens is 350 g/mol. The van der Waals surface area contributed by atoms with Crippen LogP contribution in [-0.2, 0) is 4.79 Å². The fourth-order valence-electron chi connectivity index (χ4n) is 3.21. The molecule has 1 heterocycles. The van der Waals surface area contributed by atoms with E-state index in [0.29, 0.717) is 29.2 Å². The van der Waals surface area contributed by atoms with Crippen LogP contribution in [-0.4, -0.2) is 41.3 Å². The number of nitrogens with one attached hydrogen (secondary N) is 2. The molecule has 1 saturated carbocycles. The molecule has 148 valence electrons. The molecular formula is C19H33N3O3S. The first-order valence-electron chi connectivity index (χ1n) is 9.83. The Balaban J connectivity index is 1.61. The smallest absolute Gasteiger partial charge is 0.275 e. The molecule has 6 nitrogen and oxygen atoms in total. The zero-order valence-electron chi connectivity index (χ0n) is 16.0. The van der Waals surface area contributed by atoms with Crippen molar-refractivity contribution in [3.8, 4) is 5.19 Å². The van der Waals surface area contributed by atoms with Gasteiger partial charge in [0, 0.05) is 19.0 Å². The zero-order chi connectivity index (χ0) is 18.8. The topological polar surface area (TPSA) is 83.5 Å². The first kappa shape index (κ1) is 21.1. The molecule has 0 saturated heterocycles. The Hall–Kier alpha value is -1.18. The molecule has 1 aliphatic rings. The van der Waals surface area contributed by atoms with Crippen LogP contribution >= 0.6 is 11.3 Å². The van der Waals surface area contributed by atoms with Crippen LogP contribution in [0.15, 0.2) is 6.20 Å². The van der Waals surface area contributed by atoms with Gasteiger partial charge in [-0.1, -0.05) is 57.3 Å². The lowest BCUT2D eigenvalue weighted by Gasteiger charge is -2.21. The van der Waals surface area contributed by atoms with Gasteiger partial charge in [0.1, 0.15) is 17.7 Å². The molecule has 1 unspecified atom stereocenters. The SMILES string of the molecule is CC(C)NCC(O)COc1ncc(NC(=O)CCCC2CCCCC2)s1. The number of carbonyl (C=O) groups excluding carboxylic acids is 1. The van der Waals surface area contributed by atoms with Crippen molar-refractivity contribution in [3.63, 3.8) is 0 Å². The number of aliphatic hydroxyl groups excluding tert-OH is 1. The molecule has 0 spiro atoms. The van der Waals surface area contributed by atoms with Crippen molar-refractivity contribution < 1.29 is 14.6 Å². The number of anilines is 1. The van der Waals surface area contributed by atoms with Gasteiger partial charge >= 0.3 is 0 Å². The summed E-state index contributed by atoms with van der Waals surface area (Å²) in [5, 5.41) is 17.0. The van der Waals surface area contributed by atoms with E-state index in [1.807, 2.05) is 13.8 Å². The van der Waals surface area contributed by atoms with Crippen molar-refractivity contribution in [3.05, 3.63) is 6.20 Å². The molecule has 0 aliphatic heterocycles. The van der Waals surface area contributed by atoms with E-state index in [1.54, 1.807) is 6.20 Å². The summed E-state index contributed by atoms with van der Waals surface area (Å²) in [7, 11) is 0. The van der Waals surface area contributed by atoms with Gasteiger partial charge in [-0.25, -0.2) is 4.98 Å². The van der Waals surface area contributed by atoms with Crippen molar-refractivity contribution >= 4 is 22.2 Å². The van der Waals surface area contributed by atoms with E-state index in [2.05, 4.69) is 15.6 Å². The van der Waals surface area contributed by atoms with Gasteiger partial charge in [0.25, 0.3) is 5.19 Å². The van der Waals surface area contributed by atoms with E-state index in [9.17, 15) is 9.90 Å². The molecule has 1 aliphatic carbocycles. The van der Waals surface area contributed by atoms with E-state index in [4.69, 9.17) is 4.74 Å². The maximum atomic E-state index is 12.1. The number of thiazole rings is 1. The Morgan fingerprint density at radius 2 is 2.15 bits per heavy atom. The predicted molar refractivity (Wildman–Crippen MR) is 106 cm³/mol. The first-order chi connectivity index (χ1) is 12.5. The zero-order valence-corrected chi connectivity index (χ0v) is 16.8. The van der Waals surface area contributed by atoms with Crippen LogP contribution in [0, 0.1) is 5.92 Å². The normalized spacial score (nSPS) is 16.6. The van der Waals surface area contributed by atoms with Crippen molar-refractivity contribution in [2.24, 2.45) is 5.92 Å². The Labute approximate surface area is 160 Å². The Morgan fingerprint density at radius 3 is 2.88 bits per heavy atom. The van der Waals surface area contributed by atoms with E-state index < -0.39 is 6.10 Å². The van der Waals surface area contributed by atoms with Crippen LogP contribution in [0.4, 0.5) is 5.00 Å². The third-order valence-electron chi connectivity index (χ3n) is 4.65. The van der Waals surface area contributed by atoms with Crippen molar-refractivity contribution in [2.45, 2.75) is 77.4 Å². The third-order valence-corrected chi connectivity index (χ3v) is 5.47. The average molecular weight is 384 g/mol. The summed E-state index contributed by atoms with van der Waals surface area (Å²) in [6, 6.07) is 0.324. The lowest BCUT2D eigenvalue weighted by Crippen LogP contribution is -2.35. The largest absolute Gasteiger partial charge is 0.467 e. The summed E-state index contributed by atoms with van der Waals surface area (Å²) in [5.41, 5.74) is 0. The number of rotatable bonds is 11. The highest BCUT2D eigenvalue weighted by atomic mass is 32.1. The minimum Gasteiger partial charge on any atom is -0.467 e. The van der Waals surface area contributed by atoms with Gasteiger partial charge in [0.2, 0.25) is 5.91 Å². The van der Waals surface area contributed by atoms with Gasteiger partial charge in [0.15, 0.2) is 0 Å². The van der Waals surface area contributed by atoms with E-state index >= 15 is 0 Å². The number of ether oxygens (including phenoxy) is 1. The molecule has 26 heavy (non-hydrogen) atoms. The molecule has 3 N–H and O–H groups in total. The molecule has 1 fully saturated rings. The second-order valence-corrected chi connectivity index (χ2v) is 8.46. The van der Waals surface area contributed by atoms with Gasteiger partial charge in [-0.15, -0.1) is 0 Å². The third kappa shape index (κ3) is 8.47. The molecule has 1 amide bonds. The predicted octanol–water partition coefficient (Wildman–Crippen LogP) is 3.57. The summed E-state index contributed by atoms with van der Waals surface area (Å²) in [4.78, 5) is 16.2. The molecule has 0 aromatic carbocycles. The Kier molecular flexibility index (Phi) is 9.36. The van der Waals surface area contributed by atoms with Crippen LogP contribution < -0.4 is 15.4 Å². The van der Waals surface area contributed by atoms with E-state index in [0.717, 1.165) is 18.8 Å². The average Bonchev–Trinajstić information content (AvgIpc) is 3.06. The maximum absolute atomic E-state index is 12.1. The van der Waals surface area contributed by atoms with Crippen LogP contribution in [0.5, 0.6) is 5.19 Å². The fourth-order valence-corrected chi connectivity index (χ4v) is 3.90. The van der Waals surface area contributed by atoms with E-state index in [-0.39, 0.29) is 12.5 Å². The molecule has 0 radical (unpaired) electrons. The number of carbonyl (C=O) groups is 1. The highest BCUT2D eigenvalue weighted by molar-refractivity contribution is 7.17. The summed E-state index contributed by atoms with van der Waals surface area (Å²) >= 11 is 1.29. The van der Waals surface area contributed by atoms with Gasteiger partial charge in [0.05, 0.1) is 6.20 Å². The highest BCUT2D eigenvalue weighted by Crippen LogP contribution is 2.28. The second kappa shape index (κ2) is 11.5. The molecule has 1 aromatic heterocycles. The summed E-state index contributed by atoms with van der Waals surface area (Å²) < 4.78 is 5.49. The summed E-state index contributed by atoms with van der Waals surface area (Å²) in [6.07, 6.45) is 10.4. The minimum atomic E-state index is -0.584. The number of aliphatic hydroxyl groups is 1. The van der Waals surface area contributed by atoms with Gasteiger partial charge in [-0.05, 0) is 18.8 Å². The Morgan fingerprint density at radius 1 is 1.38 bits per heavy atom. The second-order valence-electron chi connectivity index (χ2n) is 7.46. The fraction of sp³-hybridized carbons (Fsp3) is 0.789. The van der Waals surface area contributed by atoms with Crippen LogP contribution in [0.2, 0.25) is 0 Å². The summed E-state index contributed by atoms with van der Waals surface area (Å²) in [5.74, 6) is 0.855. The van der Waals surface area contributed by atoms with E-state index in [1.165, 1.54) is 43.4 Å². The Bertz CT molecular complexity index is 530. The number of nitrogens with zero attached hydrogens (tertiary/aromatic N) is 1. The minimum absolute atomic E-state index is 0.0391. The molecule has 1 aromatic rings. The maximum Gasteiger partial charge on any atom is 0.275 e. The van der Waals surface area contributed by atoms with Crippen molar-refractivity contribution in [1.82, 2.24) is 10.3 Å². The van der Waals surface area contributed by atoms with Crippen LogP contribution in [0.3, 0.4) is 0 Å². The molecule has 0 bridgehead atoms.